The number of hydrogen-bond donors (Lipinski definition) is 0. The van der Waals surface area contributed by atoms with E-state index in [4.69, 9.17) is 0 Å². The predicted molar refractivity (Wildman–Crippen MR) is 185 cm³/mol. The van der Waals surface area contributed by atoms with Crippen molar-refractivity contribution in [2.45, 2.75) is 83.1 Å². The minimum absolute atomic E-state index is 0.839. The summed E-state index contributed by atoms with van der Waals surface area (Å²) in [5.74, 6) is 0.839. The molecule has 0 amide bonds. The van der Waals surface area contributed by atoms with E-state index in [0.29, 0.717) is 0 Å². The summed E-state index contributed by atoms with van der Waals surface area (Å²) in [6.45, 7) is 24.2. The minimum Gasteiger partial charge on any atom is -0.253 e. The maximum absolute atomic E-state index is 4.44. The number of aryl methyl sites for hydroxylation is 6. The zero-order valence-electron chi connectivity index (χ0n) is 27.9. The Kier molecular flexibility index (Phi) is 16.2. The van der Waals surface area contributed by atoms with Gasteiger partial charge in [0, 0.05) is 33.2 Å². The zero-order chi connectivity index (χ0) is 31.7. The van der Waals surface area contributed by atoms with Gasteiger partial charge in [-0.25, -0.2) is 9.97 Å². The molecule has 4 heteroatoms. The van der Waals surface area contributed by atoms with Crippen LogP contribution in [0.15, 0.2) is 84.9 Å². The fraction of sp³-hybridized carbons (Fsp3) is 0.316. The van der Waals surface area contributed by atoms with Gasteiger partial charge < -0.3 is 0 Å². The van der Waals surface area contributed by atoms with Gasteiger partial charge >= 0.3 is 0 Å². The highest BCUT2D eigenvalue weighted by molar-refractivity contribution is 5.83. The largest absolute Gasteiger partial charge is 0.253 e. The molecule has 0 aliphatic carbocycles. The van der Waals surface area contributed by atoms with Crippen molar-refractivity contribution >= 4 is 32.7 Å². The second-order valence-corrected chi connectivity index (χ2v) is 9.07. The Morgan fingerprint density at radius 3 is 1.12 bits per heavy atom. The second-order valence-electron chi connectivity index (χ2n) is 9.07. The van der Waals surface area contributed by atoms with Crippen molar-refractivity contribution in [2.24, 2.45) is 0 Å². The third-order valence-corrected chi connectivity index (χ3v) is 6.01. The number of nitrogens with zero attached hydrogens (tertiary/aromatic N) is 4. The number of fused-ring (bicyclic) bond motifs is 3. The van der Waals surface area contributed by atoms with Gasteiger partial charge in [0.15, 0.2) is 0 Å². The van der Waals surface area contributed by atoms with Crippen molar-refractivity contribution in [1.29, 1.82) is 0 Å². The molecule has 3 aromatic heterocycles. The fourth-order valence-corrected chi connectivity index (χ4v) is 4.42. The number of aromatic nitrogens is 4. The molecule has 6 aromatic rings. The van der Waals surface area contributed by atoms with Gasteiger partial charge in [0.1, 0.15) is 5.82 Å². The molecule has 3 heterocycles. The molecule has 0 aliphatic heterocycles. The number of para-hydroxylation sites is 3. The van der Waals surface area contributed by atoms with Gasteiger partial charge in [0.2, 0.25) is 0 Å². The number of benzene rings is 3. The monoisotopic (exact) mass is 562 g/mol. The van der Waals surface area contributed by atoms with E-state index in [1.165, 1.54) is 21.9 Å². The minimum atomic E-state index is 0.839. The molecule has 0 saturated carbocycles. The highest BCUT2D eigenvalue weighted by Gasteiger charge is 2.00. The highest BCUT2D eigenvalue weighted by Crippen LogP contribution is 2.17. The van der Waals surface area contributed by atoms with E-state index >= 15 is 0 Å². The summed E-state index contributed by atoms with van der Waals surface area (Å²) in [6, 6.07) is 28.7. The SMILES string of the molecule is CC.CC.CC.Cc1cc(C)c2ccccc2n1.Cc1cc(C)c2ccccc2n1.Cc1nc(C)c2ccccc2n1. The van der Waals surface area contributed by atoms with Crippen molar-refractivity contribution in [3.8, 4) is 0 Å². The quantitative estimate of drug-likeness (QED) is 0.185. The van der Waals surface area contributed by atoms with Gasteiger partial charge in [-0.3, -0.25) is 9.97 Å². The smallest absolute Gasteiger partial charge is 0.126 e. The molecule has 0 saturated heterocycles. The van der Waals surface area contributed by atoms with E-state index in [0.717, 1.165) is 44.8 Å². The molecule has 0 unspecified atom stereocenters. The van der Waals surface area contributed by atoms with E-state index in [1.54, 1.807) is 0 Å². The molecule has 6 rings (SSSR count). The van der Waals surface area contributed by atoms with Gasteiger partial charge in [0.05, 0.1) is 16.6 Å². The molecule has 222 valence electrons. The Balaban J connectivity index is 0.000000289. The van der Waals surface area contributed by atoms with Crippen molar-refractivity contribution < 1.29 is 0 Å². The zero-order valence-corrected chi connectivity index (χ0v) is 27.9. The lowest BCUT2D eigenvalue weighted by Gasteiger charge is -2.01. The number of hydrogen-bond acceptors (Lipinski definition) is 4. The van der Waals surface area contributed by atoms with Gasteiger partial charge in [-0.15, -0.1) is 0 Å². The molecule has 4 nitrogen and oxygen atoms in total. The van der Waals surface area contributed by atoms with Crippen LogP contribution in [0.25, 0.3) is 32.7 Å². The molecule has 0 radical (unpaired) electrons. The first-order valence-electron chi connectivity index (χ1n) is 15.2. The second kappa shape index (κ2) is 19.0. The van der Waals surface area contributed by atoms with Crippen LogP contribution >= 0.6 is 0 Å². The van der Waals surface area contributed by atoms with Crippen LogP contribution in [0.4, 0.5) is 0 Å². The molecule has 42 heavy (non-hydrogen) atoms. The van der Waals surface area contributed by atoms with E-state index in [9.17, 15) is 0 Å². The number of pyridine rings is 2. The summed E-state index contributed by atoms with van der Waals surface area (Å²) < 4.78 is 0. The molecule has 0 N–H and O–H groups in total. The van der Waals surface area contributed by atoms with Crippen LogP contribution in [-0.2, 0) is 0 Å². The first-order chi connectivity index (χ1) is 20.3. The summed E-state index contributed by atoms with van der Waals surface area (Å²) in [7, 11) is 0. The molecule has 0 aliphatic rings. The van der Waals surface area contributed by atoms with Crippen LogP contribution in [0.5, 0.6) is 0 Å². The van der Waals surface area contributed by atoms with Crippen LogP contribution in [0, 0.1) is 41.5 Å². The first-order valence-corrected chi connectivity index (χ1v) is 15.2. The van der Waals surface area contributed by atoms with Crippen LogP contribution in [0.2, 0.25) is 0 Å². The van der Waals surface area contributed by atoms with Crippen molar-refractivity contribution in [2.75, 3.05) is 0 Å². The van der Waals surface area contributed by atoms with E-state index in [1.807, 2.05) is 118 Å². The Bertz CT molecular complexity index is 1460. The highest BCUT2D eigenvalue weighted by atomic mass is 14.9. The van der Waals surface area contributed by atoms with Gasteiger partial charge in [-0.05, 0) is 83.0 Å². The van der Waals surface area contributed by atoms with Crippen molar-refractivity contribution in [3.63, 3.8) is 0 Å². The molecule has 0 spiro atoms. The normalized spacial score (nSPS) is 9.43. The van der Waals surface area contributed by atoms with Crippen LogP contribution in [0.3, 0.4) is 0 Å². The molecule has 0 fully saturated rings. The third kappa shape index (κ3) is 10.3. The summed E-state index contributed by atoms with van der Waals surface area (Å²) in [6.07, 6.45) is 0. The van der Waals surface area contributed by atoms with Crippen LogP contribution < -0.4 is 0 Å². The lowest BCUT2D eigenvalue weighted by atomic mass is 10.1. The summed E-state index contributed by atoms with van der Waals surface area (Å²) >= 11 is 0. The fourth-order valence-electron chi connectivity index (χ4n) is 4.42. The topological polar surface area (TPSA) is 51.6 Å². The third-order valence-electron chi connectivity index (χ3n) is 6.01. The van der Waals surface area contributed by atoms with E-state index < -0.39 is 0 Å². The lowest BCUT2D eigenvalue weighted by molar-refractivity contribution is 1.05. The average molecular weight is 563 g/mol. The molecule has 0 bridgehead atoms. The predicted octanol–water partition coefficient (Wildman–Crippen LogP) is 11.0. The Morgan fingerprint density at radius 1 is 0.381 bits per heavy atom. The standard InChI is InChI=1S/2C11H11N.C10H10N2.3C2H6/c2*1-8-7-9(2)12-11-6-4-3-5-10(8)11;1-7-9-5-3-4-6-10(9)12-8(2)11-7;3*1-2/h2*3-7H,1-2H3;3-6H,1-2H3;3*1-2H3. The van der Waals surface area contributed by atoms with Crippen LogP contribution in [-0.4, -0.2) is 19.9 Å². The van der Waals surface area contributed by atoms with Gasteiger partial charge in [0.25, 0.3) is 0 Å². The van der Waals surface area contributed by atoms with Crippen molar-refractivity contribution in [1.82, 2.24) is 19.9 Å². The summed E-state index contributed by atoms with van der Waals surface area (Å²) in [5.41, 5.74) is 9.05. The van der Waals surface area contributed by atoms with Crippen LogP contribution in [0.1, 0.15) is 75.6 Å². The molecule has 3 aromatic carbocycles. The molecular weight excluding hydrogens is 512 g/mol. The van der Waals surface area contributed by atoms with Gasteiger partial charge in [-0.1, -0.05) is 96.1 Å². The Morgan fingerprint density at radius 2 is 0.714 bits per heavy atom. The maximum atomic E-state index is 4.44. The maximum Gasteiger partial charge on any atom is 0.126 e. The first kappa shape index (κ1) is 35.8. The van der Waals surface area contributed by atoms with Crippen molar-refractivity contribution in [3.05, 3.63) is 119 Å². The van der Waals surface area contributed by atoms with Gasteiger partial charge in [-0.2, -0.15) is 0 Å². The Hall–Kier alpha value is -4.18. The van der Waals surface area contributed by atoms with E-state index in [2.05, 4.69) is 70.2 Å². The lowest BCUT2D eigenvalue weighted by Crippen LogP contribution is -1.92. The summed E-state index contributed by atoms with van der Waals surface area (Å²) in [5, 5.41) is 3.65. The number of rotatable bonds is 0. The Labute approximate surface area is 254 Å². The average Bonchev–Trinajstić information content (AvgIpc) is 3.01. The van der Waals surface area contributed by atoms with E-state index in [-0.39, 0.29) is 0 Å². The molecular formula is C38H50N4. The molecule has 0 atom stereocenters. The summed E-state index contributed by atoms with van der Waals surface area (Å²) in [4.78, 5) is 17.5.